The van der Waals surface area contributed by atoms with Gasteiger partial charge in [0, 0.05) is 12.5 Å². The van der Waals surface area contributed by atoms with E-state index >= 15 is 0 Å². The van der Waals surface area contributed by atoms with Crippen LogP contribution in [0.5, 0.6) is 17.2 Å². The van der Waals surface area contributed by atoms with Gasteiger partial charge in [0.15, 0.2) is 17.3 Å². The summed E-state index contributed by atoms with van der Waals surface area (Å²) < 4.78 is 15.6. The summed E-state index contributed by atoms with van der Waals surface area (Å²) in [6.07, 6.45) is 2.38. The van der Waals surface area contributed by atoms with Crippen LogP contribution in [0, 0.1) is 0 Å². The average Bonchev–Trinajstić information content (AvgIpc) is 2.42. The normalized spacial score (nSPS) is 10.0. The highest BCUT2D eigenvalue weighted by Crippen LogP contribution is 2.35. The first-order valence-corrected chi connectivity index (χ1v) is 6.01. The molecule has 0 unspecified atom stereocenters. The lowest BCUT2D eigenvalue weighted by Gasteiger charge is -2.13. The summed E-state index contributed by atoms with van der Waals surface area (Å²) >= 11 is 0. The van der Waals surface area contributed by atoms with Gasteiger partial charge >= 0.3 is 0 Å². The summed E-state index contributed by atoms with van der Waals surface area (Å²) in [6.45, 7) is 2.05. The van der Waals surface area contributed by atoms with Gasteiger partial charge in [0.2, 0.25) is 0 Å². The molecule has 1 aromatic rings. The van der Waals surface area contributed by atoms with Crippen LogP contribution in [0.15, 0.2) is 12.1 Å². The van der Waals surface area contributed by atoms with Gasteiger partial charge in [-0.25, -0.2) is 0 Å². The Kier molecular flexibility index (Phi) is 5.49. The van der Waals surface area contributed by atoms with Crippen molar-refractivity contribution in [2.45, 2.75) is 26.2 Å². The molecule has 0 atom stereocenters. The number of unbranched alkanes of at least 4 members (excludes halogenated alkanes) is 1. The number of Topliss-reactive ketones (excluding diaryl/α,β-unsaturated/α-hetero) is 1. The molecule has 1 rings (SSSR count). The van der Waals surface area contributed by atoms with Gasteiger partial charge in [0.1, 0.15) is 5.75 Å². The number of benzene rings is 1. The molecule has 0 aromatic heterocycles. The maximum absolute atomic E-state index is 12.1. The third-order valence-corrected chi connectivity index (χ3v) is 2.76. The highest BCUT2D eigenvalue weighted by Gasteiger charge is 2.16. The van der Waals surface area contributed by atoms with Crippen LogP contribution in [0.1, 0.15) is 36.5 Å². The molecule has 0 saturated carbocycles. The predicted octanol–water partition coefficient (Wildman–Crippen LogP) is 3.09. The van der Waals surface area contributed by atoms with Crippen molar-refractivity contribution < 1.29 is 19.0 Å². The topological polar surface area (TPSA) is 44.8 Å². The Bertz CT molecular complexity index is 413. The first-order valence-electron chi connectivity index (χ1n) is 6.01. The number of hydrogen-bond donors (Lipinski definition) is 0. The summed E-state index contributed by atoms with van der Waals surface area (Å²) in [5, 5.41) is 0. The lowest BCUT2D eigenvalue weighted by Crippen LogP contribution is -2.04. The van der Waals surface area contributed by atoms with Crippen LogP contribution in [0.3, 0.4) is 0 Å². The minimum absolute atomic E-state index is 0.0645. The number of ether oxygens (including phenoxy) is 3. The fourth-order valence-corrected chi connectivity index (χ4v) is 1.72. The molecule has 100 valence electrons. The molecule has 0 aliphatic rings. The van der Waals surface area contributed by atoms with Gasteiger partial charge in [-0.1, -0.05) is 13.3 Å². The molecule has 0 fully saturated rings. The van der Waals surface area contributed by atoms with Crippen LogP contribution in [-0.4, -0.2) is 27.1 Å². The van der Waals surface area contributed by atoms with Crippen molar-refractivity contribution >= 4 is 5.78 Å². The molecule has 0 spiro atoms. The monoisotopic (exact) mass is 252 g/mol. The van der Waals surface area contributed by atoms with Gasteiger partial charge in [-0.15, -0.1) is 0 Å². The Labute approximate surface area is 108 Å². The zero-order chi connectivity index (χ0) is 13.5. The molecule has 0 N–H and O–H groups in total. The summed E-state index contributed by atoms with van der Waals surface area (Å²) in [5.41, 5.74) is 0.545. The Morgan fingerprint density at radius 1 is 1.00 bits per heavy atom. The van der Waals surface area contributed by atoms with Crippen molar-refractivity contribution in [3.8, 4) is 17.2 Å². The highest BCUT2D eigenvalue weighted by molar-refractivity contribution is 5.99. The molecule has 0 amide bonds. The van der Waals surface area contributed by atoms with Crippen LogP contribution in [0.4, 0.5) is 0 Å². The second-order valence-electron chi connectivity index (χ2n) is 3.93. The second kappa shape index (κ2) is 6.89. The van der Waals surface area contributed by atoms with E-state index in [0.717, 1.165) is 12.8 Å². The molecular formula is C14H20O4. The molecule has 0 aliphatic carbocycles. The minimum Gasteiger partial charge on any atom is -0.496 e. The fraction of sp³-hybridized carbons (Fsp3) is 0.500. The van der Waals surface area contributed by atoms with Crippen molar-refractivity contribution in [1.82, 2.24) is 0 Å². The van der Waals surface area contributed by atoms with Crippen molar-refractivity contribution in [2.24, 2.45) is 0 Å². The molecule has 4 heteroatoms. The van der Waals surface area contributed by atoms with Crippen LogP contribution in [0.2, 0.25) is 0 Å². The molecule has 0 radical (unpaired) electrons. The fourth-order valence-electron chi connectivity index (χ4n) is 1.72. The Morgan fingerprint density at radius 3 is 2.06 bits per heavy atom. The van der Waals surface area contributed by atoms with E-state index in [1.54, 1.807) is 26.4 Å². The lowest BCUT2D eigenvalue weighted by atomic mass is 10.0. The number of hydrogen-bond acceptors (Lipinski definition) is 4. The molecule has 0 bridgehead atoms. The third-order valence-electron chi connectivity index (χ3n) is 2.76. The molecule has 0 aliphatic heterocycles. The largest absolute Gasteiger partial charge is 0.496 e. The van der Waals surface area contributed by atoms with E-state index in [1.807, 2.05) is 0 Å². The van der Waals surface area contributed by atoms with E-state index < -0.39 is 0 Å². The number of carbonyl (C=O) groups is 1. The van der Waals surface area contributed by atoms with E-state index in [-0.39, 0.29) is 5.78 Å². The Balaban J connectivity index is 3.12. The van der Waals surface area contributed by atoms with E-state index in [4.69, 9.17) is 14.2 Å². The second-order valence-corrected chi connectivity index (χ2v) is 3.93. The van der Waals surface area contributed by atoms with Crippen LogP contribution in [0.25, 0.3) is 0 Å². The zero-order valence-corrected chi connectivity index (χ0v) is 11.4. The molecular weight excluding hydrogens is 232 g/mol. The smallest absolute Gasteiger partial charge is 0.166 e. The van der Waals surface area contributed by atoms with Gasteiger partial charge < -0.3 is 14.2 Å². The maximum Gasteiger partial charge on any atom is 0.166 e. The van der Waals surface area contributed by atoms with E-state index in [9.17, 15) is 4.79 Å². The first kappa shape index (κ1) is 14.4. The van der Waals surface area contributed by atoms with Crippen molar-refractivity contribution in [3.05, 3.63) is 17.7 Å². The highest BCUT2D eigenvalue weighted by atomic mass is 16.5. The molecule has 4 nitrogen and oxygen atoms in total. The lowest BCUT2D eigenvalue weighted by molar-refractivity contribution is 0.0976. The molecule has 0 saturated heterocycles. The van der Waals surface area contributed by atoms with E-state index in [1.165, 1.54) is 7.11 Å². The van der Waals surface area contributed by atoms with Crippen molar-refractivity contribution in [2.75, 3.05) is 21.3 Å². The summed E-state index contributed by atoms with van der Waals surface area (Å²) in [4.78, 5) is 12.1. The SMILES string of the molecule is CCCCC(=O)c1cc(OC)c(OC)cc1OC. The van der Waals surface area contributed by atoms with Crippen LogP contribution < -0.4 is 14.2 Å². The van der Waals surface area contributed by atoms with Crippen LogP contribution >= 0.6 is 0 Å². The van der Waals surface area contributed by atoms with Gasteiger partial charge in [-0.2, -0.15) is 0 Å². The van der Waals surface area contributed by atoms with Gasteiger partial charge in [-0.3, -0.25) is 4.79 Å². The molecule has 1 aromatic carbocycles. The first-order chi connectivity index (χ1) is 8.67. The summed E-state index contributed by atoms with van der Waals surface area (Å²) in [7, 11) is 4.64. The maximum atomic E-state index is 12.1. The average molecular weight is 252 g/mol. The summed E-state index contributed by atoms with van der Waals surface area (Å²) in [5.74, 6) is 1.68. The third kappa shape index (κ3) is 3.15. The minimum atomic E-state index is 0.0645. The van der Waals surface area contributed by atoms with Crippen molar-refractivity contribution in [3.63, 3.8) is 0 Å². The van der Waals surface area contributed by atoms with E-state index in [2.05, 4.69) is 6.92 Å². The van der Waals surface area contributed by atoms with Crippen molar-refractivity contribution in [1.29, 1.82) is 0 Å². The molecule has 18 heavy (non-hydrogen) atoms. The number of carbonyl (C=O) groups excluding carboxylic acids is 1. The van der Waals surface area contributed by atoms with E-state index in [0.29, 0.717) is 29.2 Å². The van der Waals surface area contributed by atoms with Gasteiger partial charge in [-0.05, 0) is 12.5 Å². The van der Waals surface area contributed by atoms with Crippen LogP contribution in [-0.2, 0) is 0 Å². The quantitative estimate of drug-likeness (QED) is 0.699. The zero-order valence-electron chi connectivity index (χ0n) is 11.4. The number of methoxy groups -OCH3 is 3. The Morgan fingerprint density at radius 2 is 1.56 bits per heavy atom. The Hall–Kier alpha value is -1.71. The standard InChI is InChI=1S/C14H20O4/c1-5-6-7-11(15)10-8-13(17-3)14(18-4)9-12(10)16-2/h8-9H,5-7H2,1-4H3. The molecule has 0 heterocycles. The number of ketones is 1. The summed E-state index contributed by atoms with van der Waals surface area (Å²) in [6, 6.07) is 3.35. The van der Waals surface area contributed by atoms with Gasteiger partial charge in [0.05, 0.1) is 26.9 Å². The predicted molar refractivity (Wildman–Crippen MR) is 70.0 cm³/mol. The van der Waals surface area contributed by atoms with Gasteiger partial charge in [0.25, 0.3) is 0 Å². The number of rotatable bonds is 7.